The van der Waals surface area contributed by atoms with Crippen molar-refractivity contribution in [3.8, 4) is 0 Å². The smallest absolute Gasteiger partial charge is 0.0791 e. The molecule has 0 fully saturated rings. The Balaban J connectivity index is 3.82. The zero-order valence-electron chi connectivity index (χ0n) is 11.9. The maximum absolute atomic E-state index is 9.90. The molecular weight excluding hydrogens is 200 g/mol. The van der Waals surface area contributed by atoms with Crippen LogP contribution in [0.1, 0.15) is 47.5 Å². The van der Waals surface area contributed by atoms with E-state index in [1.165, 1.54) is 12.8 Å². The van der Waals surface area contributed by atoms with Crippen LogP contribution >= 0.6 is 0 Å². The van der Waals surface area contributed by atoms with Crippen molar-refractivity contribution >= 4 is 0 Å². The van der Waals surface area contributed by atoms with Crippen molar-refractivity contribution in [2.45, 2.75) is 65.1 Å². The first-order valence-electron chi connectivity index (χ1n) is 6.39. The van der Waals surface area contributed by atoms with Crippen LogP contribution in [0.15, 0.2) is 0 Å². The van der Waals surface area contributed by atoms with E-state index in [1.54, 1.807) is 0 Å². The fraction of sp³-hybridized carbons (Fsp3) is 1.00. The maximum atomic E-state index is 9.90. The van der Waals surface area contributed by atoms with Gasteiger partial charge in [-0.3, -0.25) is 0 Å². The molecule has 2 atom stereocenters. The predicted octanol–water partition coefficient (Wildman–Crippen LogP) is 1.86. The van der Waals surface area contributed by atoms with E-state index < -0.39 is 0 Å². The summed E-state index contributed by atoms with van der Waals surface area (Å²) in [4.78, 5) is 2.23. The summed E-state index contributed by atoms with van der Waals surface area (Å²) >= 11 is 0. The molecule has 0 saturated carbocycles. The molecule has 0 aromatic heterocycles. The minimum atomic E-state index is -0.288. The Bertz CT molecular complexity index is 177. The summed E-state index contributed by atoms with van der Waals surface area (Å²) in [5.41, 5.74) is 0.0780. The molecule has 0 aliphatic carbocycles. The number of aliphatic hydroxyl groups is 1. The second-order valence-corrected chi connectivity index (χ2v) is 5.86. The Hall–Kier alpha value is -0.120. The standard InChI is InChI=1S/C13H30N2O/c1-7-8-11(2)15(6)10-12(16)9-14-13(3,4)5/h11-12,14,16H,7-10H2,1-6H3. The lowest BCUT2D eigenvalue weighted by Gasteiger charge is -2.28. The van der Waals surface area contributed by atoms with Crippen LogP contribution in [0.4, 0.5) is 0 Å². The minimum absolute atomic E-state index is 0.0780. The van der Waals surface area contributed by atoms with E-state index in [9.17, 15) is 5.11 Å². The van der Waals surface area contributed by atoms with E-state index in [4.69, 9.17) is 0 Å². The topological polar surface area (TPSA) is 35.5 Å². The molecule has 0 heterocycles. The van der Waals surface area contributed by atoms with Gasteiger partial charge in [-0.15, -0.1) is 0 Å². The van der Waals surface area contributed by atoms with Gasteiger partial charge in [-0.2, -0.15) is 0 Å². The third kappa shape index (κ3) is 8.08. The Morgan fingerprint density at radius 3 is 2.31 bits per heavy atom. The third-order valence-corrected chi connectivity index (χ3v) is 2.83. The second kappa shape index (κ2) is 7.25. The fourth-order valence-corrected chi connectivity index (χ4v) is 1.64. The lowest BCUT2D eigenvalue weighted by Crippen LogP contribution is -2.45. The van der Waals surface area contributed by atoms with Crippen LogP contribution in [0.2, 0.25) is 0 Å². The number of β-amino-alcohol motifs (C(OH)–C–C–N with tert-alkyl or cyclic N) is 1. The lowest BCUT2D eigenvalue weighted by atomic mass is 10.1. The van der Waals surface area contributed by atoms with Crippen LogP contribution in [0, 0.1) is 0 Å². The summed E-state index contributed by atoms with van der Waals surface area (Å²) in [6.07, 6.45) is 2.10. The van der Waals surface area contributed by atoms with Gasteiger partial charge in [0.2, 0.25) is 0 Å². The number of aliphatic hydroxyl groups excluding tert-OH is 1. The molecule has 0 aromatic rings. The van der Waals surface area contributed by atoms with Crippen LogP contribution in [0.5, 0.6) is 0 Å². The molecule has 0 spiro atoms. The van der Waals surface area contributed by atoms with Crippen molar-refractivity contribution < 1.29 is 5.11 Å². The Kier molecular flexibility index (Phi) is 7.20. The zero-order valence-corrected chi connectivity index (χ0v) is 11.9. The monoisotopic (exact) mass is 230 g/mol. The van der Waals surface area contributed by atoms with Crippen LogP contribution in [-0.2, 0) is 0 Å². The molecular formula is C13H30N2O. The van der Waals surface area contributed by atoms with Gasteiger partial charge in [-0.1, -0.05) is 13.3 Å². The van der Waals surface area contributed by atoms with Crippen molar-refractivity contribution in [3.63, 3.8) is 0 Å². The van der Waals surface area contributed by atoms with Gasteiger partial charge in [-0.25, -0.2) is 0 Å². The normalized spacial score (nSPS) is 16.5. The molecule has 0 aliphatic rings. The molecule has 0 aliphatic heterocycles. The molecule has 16 heavy (non-hydrogen) atoms. The molecule has 0 radical (unpaired) electrons. The largest absolute Gasteiger partial charge is 0.390 e. The Morgan fingerprint density at radius 1 is 1.31 bits per heavy atom. The van der Waals surface area contributed by atoms with E-state index in [0.29, 0.717) is 12.6 Å². The van der Waals surface area contributed by atoms with E-state index in [2.05, 4.69) is 51.9 Å². The lowest BCUT2D eigenvalue weighted by molar-refractivity contribution is 0.0987. The number of hydrogen-bond donors (Lipinski definition) is 2. The molecule has 0 amide bonds. The summed E-state index contributed by atoms with van der Waals surface area (Å²) in [6.45, 7) is 12.2. The van der Waals surface area contributed by atoms with Crippen molar-refractivity contribution in [2.75, 3.05) is 20.1 Å². The van der Waals surface area contributed by atoms with Crippen molar-refractivity contribution in [1.29, 1.82) is 0 Å². The van der Waals surface area contributed by atoms with Crippen LogP contribution < -0.4 is 5.32 Å². The van der Waals surface area contributed by atoms with Gasteiger partial charge in [0.25, 0.3) is 0 Å². The minimum Gasteiger partial charge on any atom is -0.390 e. The van der Waals surface area contributed by atoms with Crippen LogP contribution in [0.25, 0.3) is 0 Å². The maximum Gasteiger partial charge on any atom is 0.0791 e. The number of hydrogen-bond acceptors (Lipinski definition) is 3. The van der Waals surface area contributed by atoms with Crippen LogP contribution in [-0.4, -0.2) is 47.8 Å². The molecule has 0 aromatic carbocycles. The highest BCUT2D eigenvalue weighted by molar-refractivity contribution is 4.75. The highest BCUT2D eigenvalue weighted by Crippen LogP contribution is 2.05. The molecule has 0 saturated heterocycles. The van der Waals surface area contributed by atoms with Crippen LogP contribution in [0.3, 0.4) is 0 Å². The van der Waals surface area contributed by atoms with Gasteiger partial charge < -0.3 is 15.3 Å². The van der Waals surface area contributed by atoms with Gasteiger partial charge in [-0.05, 0) is 41.2 Å². The predicted molar refractivity (Wildman–Crippen MR) is 70.8 cm³/mol. The van der Waals surface area contributed by atoms with E-state index in [1.807, 2.05) is 0 Å². The summed E-state index contributed by atoms with van der Waals surface area (Å²) in [6, 6.07) is 0.550. The van der Waals surface area contributed by atoms with Gasteiger partial charge in [0, 0.05) is 24.7 Å². The first-order valence-corrected chi connectivity index (χ1v) is 6.39. The zero-order chi connectivity index (χ0) is 12.8. The summed E-state index contributed by atoms with van der Waals surface area (Å²) in [7, 11) is 2.08. The molecule has 2 N–H and O–H groups in total. The number of nitrogens with one attached hydrogen (secondary N) is 1. The van der Waals surface area contributed by atoms with Gasteiger partial charge in [0.05, 0.1) is 6.10 Å². The van der Waals surface area contributed by atoms with Crippen molar-refractivity contribution in [3.05, 3.63) is 0 Å². The van der Waals surface area contributed by atoms with E-state index in [-0.39, 0.29) is 11.6 Å². The third-order valence-electron chi connectivity index (χ3n) is 2.83. The summed E-state index contributed by atoms with van der Waals surface area (Å²) in [5.74, 6) is 0. The van der Waals surface area contributed by atoms with Gasteiger partial charge in [0.1, 0.15) is 0 Å². The summed E-state index contributed by atoms with van der Waals surface area (Å²) in [5, 5.41) is 13.2. The average Bonchev–Trinajstić information content (AvgIpc) is 2.14. The Morgan fingerprint density at radius 2 is 1.88 bits per heavy atom. The number of nitrogens with zero attached hydrogens (tertiary/aromatic N) is 1. The fourth-order valence-electron chi connectivity index (χ4n) is 1.64. The number of likely N-dealkylation sites (N-methyl/N-ethyl adjacent to an activating group) is 1. The molecule has 98 valence electrons. The average molecular weight is 230 g/mol. The van der Waals surface area contributed by atoms with Crippen molar-refractivity contribution in [1.82, 2.24) is 10.2 Å². The number of rotatable bonds is 7. The second-order valence-electron chi connectivity index (χ2n) is 5.86. The highest BCUT2D eigenvalue weighted by Gasteiger charge is 2.15. The molecule has 3 nitrogen and oxygen atoms in total. The molecule has 3 heteroatoms. The summed E-state index contributed by atoms with van der Waals surface area (Å²) < 4.78 is 0. The first kappa shape index (κ1) is 15.9. The quantitative estimate of drug-likeness (QED) is 0.701. The molecule has 0 bridgehead atoms. The van der Waals surface area contributed by atoms with E-state index in [0.717, 1.165) is 6.54 Å². The first-order chi connectivity index (χ1) is 7.26. The molecule has 0 rings (SSSR count). The van der Waals surface area contributed by atoms with E-state index >= 15 is 0 Å². The highest BCUT2D eigenvalue weighted by atomic mass is 16.3. The Labute approximate surface area is 101 Å². The van der Waals surface area contributed by atoms with Crippen molar-refractivity contribution in [2.24, 2.45) is 0 Å². The van der Waals surface area contributed by atoms with Gasteiger partial charge in [0.15, 0.2) is 0 Å². The SMILES string of the molecule is CCCC(C)N(C)CC(O)CNC(C)(C)C. The van der Waals surface area contributed by atoms with Gasteiger partial charge >= 0.3 is 0 Å². The molecule has 2 unspecified atom stereocenters.